The van der Waals surface area contributed by atoms with E-state index in [2.05, 4.69) is 5.32 Å². The molecule has 0 unspecified atom stereocenters. The largest absolute Gasteiger partial charge is 0.481 e. The maximum absolute atomic E-state index is 12.6. The lowest BCUT2D eigenvalue weighted by Crippen LogP contribution is -2.46. The molecule has 0 saturated carbocycles. The van der Waals surface area contributed by atoms with Gasteiger partial charge in [-0.2, -0.15) is 0 Å². The van der Waals surface area contributed by atoms with E-state index in [1.807, 2.05) is 24.3 Å². The maximum atomic E-state index is 12.6. The number of carboxylic acids is 1. The van der Waals surface area contributed by atoms with Crippen LogP contribution < -0.4 is 5.32 Å². The average Bonchev–Trinajstić information content (AvgIpc) is 2.85. The van der Waals surface area contributed by atoms with Crippen LogP contribution in [0.5, 0.6) is 0 Å². The second-order valence-electron chi connectivity index (χ2n) is 6.12. The van der Waals surface area contributed by atoms with Crippen molar-refractivity contribution in [2.75, 3.05) is 19.8 Å². The van der Waals surface area contributed by atoms with Crippen LogP contribution in [0.1, 0.15) is 23.3 Å². The van der Waals surface area contributed by atoms with Gasteiger partial charge in [0.1, 0.15) is 5.69 Å². The number of carboxylic acid groups (broad SMARTS) is 1. The third-order valence-corrected chi connectivity index (χ3v) is 5.13. The van der Waals surface area contributed by atoms with Crippen LogP contribution in [-0.4, -0.2) is 41.3 Å². The standard InChI is InChI=1S/C17H19ClN2O4/c1-20-12-5-3-2-4-11(12)13(18)14(20)15(21)19-10-17(16(22)23)6-8-24-9-7-17/h2-5H,6-10H2,1H3,(H,19,21)(H,22,23). The van der Waals surface area contributed by atoms with Crippen LogP contribution in [0, 0.1) is 5.41 Å². The molecule has 0 bridgehead atoms. The third-order valence-electron chi connectivity index (χ3n) is 4.75. The van der Waals surface area contributed by atoms with Crippen molar-refractivity contribution in [3.8, 4) is 0 Å². The molecule has 0 aliphatic carbocycles. The van der Waals surface area contributed by atoms with Crippen molar-refractivity contribution in [3.05, 3.63) is 35.0 Å². The summed E-state index contributed by atoms with van der Waals surface area (Å²) in [7, 11) is 1.77. The molecule has 0 radical (unpaired) electrons. The molecule has 1 saturated heterocycles. The SMILES string of the molecule is Cn1c(C(=O)NCC2(C(=O)O)CCOCC2)c(Cl)c2ccccc21. The molecular weight excluding hydrogens is 332 g/mol. The zero-order valence-corrected chi connectivity index (χ0v) is 14.1. The molecule has 0 atom stereocenters. The maximum Gasteiger partial charge on any atom is 0.311 e. The van der Waals surface area contributed by atoms with E-state index in [4.69, 9.17) is 16.3 Å². The van der Waals surface area contributed by atoms with Gasteiger partial charge in [0.25, 0.3) is 5.91 Å². The summed E-state index contributed by atoms with van der Waals surface area (Å²) in [5.41, 5.74) is 0.211. The summed E-state index contributed by atoms with van der Waals surface area (Å²) in [4.78, 5) is 24.3. The first-order chi connectivity index (χ1) is 11.5. The number of benzene rings is 1. The molecular formula is C17H19ClN2O4. The monoisotopic (exact) mass is 350 g/mol. The number of halogens is 1. The van der Waals surface area contributed by atoms with Gasteiger partial charge >= 0.3 is 5.97 Å². The quantitative estimate of drug-likeness (QED) is 0.887. The first-order valence-corrected chi connectivity index (χ1v) is 8.16. The number of aliphatic carboxylic acids is 1. The lowest BCUT2D eigenvalue weighted by molar-refractivity contribution is -0.154. The van der Waals surface area contributed by atoms with Crippen LogP contribution in [0.25, 0.3) is 10.9 Å². The van der Waals surface area contributed by atoms with Gasteiger partial charge in [-0.1, -0.05) is 29.8 Å². The van der Waals surface area contributed by atoms with E-state index in [-0.39, 0.29) is 12.5 Å². The number of hydrogen-bond donors (Lipinski definition) is 2. The van der Waals surface area contributed by atoms with Crippen molar-refractivity contribution in [2.24, 2.45) is 12.5 Å². The number of aryl methyl sites for hydroxylation is 1. The Morgan fingerprint density at radius 1 is 1.33 bits per heavy atom. The number of para-hydroxylation sites is 1. The molecule has 1 aliphatic heterocycles. The highest BCUT2D eigenvalue weighted by Gasteiger charge is 2.40. The Bertz CT molecular complexity index is 754. The van der Waals surface area contributed by atoms with E-state index in [1.165, 1.54) is 0 Å². The number of carbonyl (C=O) groups excluding carboxylic acids is 1. The van der Waals surface area contributed by atoms with Gasteiger partial charge in [-0.15, -0.1) is 0 Å². The highest BCUT2D eigenvalue weighted by Crippen LogP contribution is 2.32. The number of nitrogens with one attached hydrogen (secondary N) is 1. The van der Waals surface area contributed by atoms with Gasteiger partial charge in [-0.05, 0) is 18.9 Å². The number of rotatable bonds is 4. The van der Waals surface area contributed by atoms with Crippen molar-refractivity contribution >= 4 is 34.4 Å². The summed E-state index contributed by atoms with van der Waals surface area (Å²) >= 11 is 6.36. The summed E-state index contributed by atoms with van der Waals surface area (Å²) < 4.78 is 6.97. The lowest BCUT2D eigenvalue weighted by atomic mass is 9.80. The molecule has 128 valence electrons. The van der Waals surface area contributed by atoms with E-state index < -0.39 is 11.4 Å². The van der Waals surface area contributed by atoms with Gasteiger partial charge in [0.05, 0.1) is 10.4 Å². The topological polar surface area (TPSA) is 80.6 Å². The van der Waals surface area contributed by atoms with Crippen molar-refractivity contribution < 1.29 is 19.4 Å². The third kappa shape index (κ3) is 2.76. The number of ether oxygens (including phenoxy) is 1. The summed E-state index contributed by atoms with van der Waals surface area (Å²) in [6, 6.07) is 7.47. The van der Waals surface area contributed by atoms with E-state index in [0.29, 0.717) is 36.8 Å². The van der Waals surface area contributed by atoms with Gasteiger partial charge in [-0.3, -0.25) is 9.59 Å². The molecule has 2 aromatic rings. The predicted octanol–water partition coefficient (Wildman–Crippen LogP) is 2.44. The van der Waals surface area contributed by atoms with Crippen molar-refractivity contribution in [1.82, 2.24) is 9.88 Å². The number of carbonyl (C=O) groups is 2. The molecule has 0 spiro atoms. The molecule has 1 aliphatic rings. The first-order valence-electron chi connectivity index (χ1n) is 7.78. The normalized spacial score (nSPS) is 16.9. The Labute approximate surface area is 144 Å². The summed E-state index contributed by atoms with van der Waals surface area (Å²) in [5.74, 6) is -1.28. The summed E-state index contributed by atoms with van der Waals surface area (Å²) in [6.07, 6.45) is 0.761. The summed E-state index contributed by atoms with van der Waals surface area (Å²) in [5, 5.41) is 13.5. The number of fused-ring (bicyclic) bond motifs is 1. The van der Waals surface area contributed by atoms with Crippen LogP contribution in [-0.2, 0) is 16.6 Å². The zero-order chi connectivity index (χ0) is 17.3. The first kappa shape index (κ1) is 16.8. The van der Waals surface area contributed by atoms with Gasteiger partial charge in [-0.25, -0.2) is 0 Å². The van der Waals surface area contributed by atoms with E-state index >= 15 is 0 Å². The molecule has 2 N–H and O–H groups in total. The molecule has 7 heteroatoms. The van der Waals surface area contributed by atoms with Crippen LogP contribution >= 0.6 is 11.6 Å². The van der Waals surface area contributed by atoms with Crippen molar-refractivity contribution in [1.29, 1.82) is 0 Å². The van der Waals surface area contributed by atoms with Crippen LogP contribution in [0.15, 0.2) is 24.3 Å². The fraction of sp³-hybridized carbons (Fsp3) is 0.412. The Morgan fingerprint density at radius 2 is 2.00 bits per heavy atom. The number of amides is 1. The Hall–Kier alpha value is -2.05. The highest BCUT2D eigenvalue weighted by molar-refractivity contribution is 6.38. The van der Waals surface area contributed by atoms with Gasteiger partial charge in [0, 0.05) is 37.7 Å². The number of hydrogen-bond acceptors (Lipinski definition) is 3. The Balaban J connectivity index is 1.84. The number of aromatic nitrogens is 1. The van der Waals surface area contributed by atoms with Gasteiger partial charge < -0.3 is 19.7 Å². The van der Waals surface area contributed by atoms with Gasteiger partial charge in [0.15, 0.2) is 0 Å². The molecule has 3 rings (SSSR count). The fourth-order valence-corrected chi connectivity index (χ4v) is 3.53. The minimum absolute atomic E-state index is 0.0579. The highest BCUT2D eigenvalue weighted by atomic mass is 35.5. The van der Waals surface area contributed by atoms with Crippen molar-refractivity contribution in [2.45, 2.75) is 12.8 Å². The molecule has 6 nitrogen and oxygen atoms in total. The minimum atomic E-state index is -0.981. The van der Waals surface area contributed by atoms with Crippen molar-refractivity contribution in [3.63, 3.8) is 0 Å². The Kier molecular flexibility index (Phi) is 4.51. The Morgan fingerprint density at radius 3 is 2.62 bits per heavy atom. The average molecular weight is 351 g/mol. The fourth-order valence-electron chi connectivity index (χ4n) is 3.16. The zero-order valence-electron chi connectivity index (χ0n) is 13.3. The minimum Gasteiger partial charge on any atom is -0.481 e. The van der Waals surface area contributed by atoms with E-state index in [9.17, 15) is 14.7 Å². The van der Waals surface area contributed by atoms with E-state index in [1.54, 1.807) is 11.6 Å². The molecule has 24 heavy (non-hydrogen) atoms. The van der Waals surface area contributed by atoms with Crippen LogP contribution in [0.2, 0.25) is 5.02 Å². The second kappa shape index (κ2) is 6.45. The van der Waals surface area contributed by atoms with E-state index in [0.717, 1.165) is 10.9 Å². The van der Waals surface area contributed by atoms with Crippen LogP contribution in [0.3, 0.4) is 0 Å². The van der Waals surface area contributed by atoms with Gasteiger partial charge in [0.2, 0.25) is 0 Å². The molecule has 1 fully saturated rings. The second-order valence-corrected chi connectivity index (χ2v) is 6.50. The summed E-state index contributed by atoms with van der Waals surface area (Å²) in [6.45, 7) is 0.830. The molecule has 1 aromatic heterocycles. The lowest BCUT2D eigenvalue weighted by Gasteiger charge is -2.33. The smallest absolute Gasteiger partial charge is 0.311 e. The number of nitrogens with zero attached hydrogens (tertiary/aromatic N) is 1. The molecule has 1 aromatic carbocycles. The molecule has 2 heterocycles. The predicted molar refractivity (Wildman–Crippen MR) is 90.4 cm³/mol. The molecule has 1 amide bonds. The van der Waals surface area contributed by atoms with Crippen LogP contribution in [0.4, 0.5) is 0 Å².